The molecule has 2 aromatic rings. The lowest BCUT2D eigenvalue weighted by Crippen LogP contribution is -2.12. The maximum atomic E-state index is 5.78. The maximum Gasteiger partial charge on any atom is 0.124 e. The Balaban J connectivity index is 1.92. The summed E-state index contributed by atoms with van der Waals surface area (Å²) >= 11 is 0. The van der Waals surface area contributed by atoms with Crippen LogP contribution in [0.5, 0.6) is 5.75 Å². The molecule has 0 atom stereocenters. The van der Waals surface area contributed by atoms with Crippen molar-refractivity contribution in [3.05, 3.63) is 53.5 Å². The Morgan fingerprint density at radius 2 is 1.89 bits per heavy atom. The van der Waals surface area contributed by atoms with Crippen molar-refractivity contribution in [1.82, 2.24) is 5.32 Å². The minimum absolute atomic E-state index is 0.544. The van der Waals surface area contributed by atoms with Crippen molar-refractivity contribution < 1.29 is 9.15 Å². The molecular weight excluding hydrogens is 238 g/mol. The third-order valence-corrected chi connectivity index (χ3v) is 3.10. The highest BCUT2D eigenvalue weighted by atomic mass is 16.5. The summed E-state index contributed by atoms with van der Waals surface area (Å²) in [7, 11) is 0. The SMILES string of the molecule is CCNCc1occc1COc1ccc(CC)cc1. The first-order valence-electron chi connectivity index (χ1n) is 6.81. The molecule has 0 radical (unpaired) electrons. The molecule has 0 aliphatic heterocycles. The van der Waals surface area contributed by atoms with Crippen LogP contribution >= 0.6 is 0 Å². The molecule has 0 saturated carbocycles. The van der Waals surface area contributed by atoms with E-state index in [1.807, 2.05) is 18.2 Å². The lowest BCUT2D eigenvalue weighted by molar-refractivity contribution is 0.301. The van der Waals surface area contributed by atoms with Crippen molar-refractivity contribution in [2.24, 2.45) is 0 Å². The van der Waals surface area contributed by atoms with Crippen molar-refractivity contribution in [2.75, 3.05) is 6.54 Å². The monoisotopic (exact) mass is 259 g/mol. The first kappa shape index (κ1) is 13.7. The normalized spacial score (nSPS) is 10.6. The summed E-state index contributed by atoms with van der Waals surface area (Å²) in [6.07, 6.45) is 2.76. The van der Waals surface area contributed by atoms with Crippen LogP contribution < -0.4 is 10.1 Å². The van der Waals surface area contributed by atoms with Crippen LogP contribution in [0.2, 0.25) is 0 Å². The number of benzene rings is 1. The van der Waals surface area contributed by atoms with Gasteiger partial charge >= 0.3 is 0 Å². The minimum Gasteiger partial charge on any atom is -0.489 e. The smallest absolute Gasteiger partial charge is 0.124 e. The molecule has 0 aliphatic carbocycles. The minimum atomic E-state index is 0.544. The third-order valence-electron chi connectivity index (χ3n) is 3.10. The van der Waals surface area contributed by atoms with E-state index in [1.165, 1.54) is 5.56 Å². The van der Waals surface area contributed by atoms with Crippen molar-refractivity contribution in [1.29, 1.82) is 0 Å². The summed E-state index contributed by atoms with van der Waals surface area (Å²) < 4.78 is 11.2. The van der Waals surface area contributed by atoms with Crippen molar-refractivity contribution >= 4 is 0 Å². The Labute approximate surface area is 114 Å². The second-order valence-corrected chi connectivity index (χ2v) is 4.44. The van der Waals surface area contributed by atoms with Crippen molar-refractivity contribution in [2.45, 2.75) is 33.4 Å². The molecule has 1 aromatic heterocycles. The first-order valence-corrected chi connectivity index (χ1v) is 6.81. The highest BCUT2D eigenvalue weighted by Crippen LogP contribution is 2.17. The number of rotatable bonds is 7. The summed E-state index contributed by atoms with van der Waals surface area (Å²) in [5.41, 5.74) is 2.42. The summed E-state index contributed by atoms with van der Waals surface area (Å²) in [5.74, 6) is 1.85. The number of ether oxygens (including phenoxy) is 1. The molecule has 102 valence electrons. The zero-order valence-corrected chi connectivity index (χ0v) is 11.6. The Bertz CT molecular complexity index is 488. The van der Waals surface area contributed by atoms with E-state index in [0.29, 0.717) is 6.61 Å². The zero-order valence-electron chi connectivity index (χ0n) is 11.6. The van der Waals surface area contributed by atoms with Gasteiger partial charge in [-0.2, -0.15) is 0 Å². The lowest BCUT2D eigenvalue weighted by Gasteiger charge is -2.07. The second-order valence-electron chi connectivity index (χ2n) is 4.44. The molecule has 0 unspecified atom stereocenters. The highest BCUT2D eigenvalue weighted by molar-refractivity contribution is 5.27. The van der Waals surface area contributed by atoms with Gasteiger partial charge in [0.2, 0.25) is 0 Å². The number of hydrogen-bond donors (Lipinski definition) is 1. The third kappa shape index (κ3) is 3.86. The molecule has 3 nitrogen and oxygen atoms in total. The van der Waals surface area contributed by atoms with E-state index in [1.54, 1.807) is 6.26 Å². The molecule has 1 heterocycles. The first-order chi connectivity index (χ1) is 9.33. The molecule has 0 spiro atoms. The number of aryl methyl sites for hydroxylation is 1. The van der Waals surface area contributed by atoms with Crippen LogP contribution in [0.25, 0.3) is 0 Å². The predicted molar refractivity (Wildman–Crippen MR) is 76.2 cm³/mol. The second kappa shape index (κ2) is 7.00. The Kier molecular flexibility index (Phi) is 5.04. The predicted octanol–water partition coefficient (Wildman–Crippen LogP) is 3.53. The van der Waals surface area contributed by atoms with E-state index in [9.17, 15) is 0 Å². The van der Waals surface area contributed by atoms with Gasteiger partial charge in [-0.1, -0.05) is 26.0 Å². The summed E-state index contributed by atoms with van der Waals surface area (Å²) in [6, 6.07) is 10.2. The fourth-order valence-corrected chi connectivity index (χ4v) is 1.87. The van der Waals surface area contributed by atoms with E-state index in [-0.39, 0.29) is 0 Å². The average molecular weight is 259 g/mol. The number of nitrogens with one attached hydrogen (secondary N) is 1. The van der Waals surface area contributed by atoms with Crippen molar-refractivity contribution in [3.8, 4) is 5.75 Å². The molecule has 0 fully saturated rings. The molecule has 3 heteroatoms. The average Bonchev–Trinajstić information content (AvgIpc) is 2.91. The van der Waals surface area contributed by atoms with E-state index in [2.05, 4.69) is 31.3 Å². The standard InChI is InChI=1S/C16H21NO2/c1-3-13-5-7-15(8-6-13)19-12-14-9-10-18-16(14)11-17-4-2/h5-10,17H,3-4,11-12H2,1-2H3. The van der Waals surface area contributed by atoms with Crippen LogP contribution in [0.1, 0.15) is 30.7 Å². The van der Waals surface area contributed by atoms with Gasteiger partial charge in [0.15, 0.2) is 0 Å². The fourth-order valence-electron chi connectivity index (χ4n) is 1.87. The molecule has 2 rings (SSSR count). The van der Waals surface area contributed by atoms with E-state index < -0.39 is 0 Å². The van der Waals surface area contributed by atoms with E-state index in [4.69, 9.17) is 9.15 Å². The molecule has 1 aromatic carbocycles. The molecule has 19 heavy (non-hydrogen) atoms. The van der Waals surface area contributed by atoms with E-state index >= 15 is 0 Å². The summed E-state index contributed by atoms with van der Waals surface area (Å²) in [5, 5.41) is 3.26. The molecule has 0 bridgehead atoms. The summed E-state index contributed by atoms with van der Waals surface area (Å²) in [4.78, 5) is 0. The van der Waals surface area contributed by atoms with Gasteiger partial charge in [-0.15, -0.1) is 0 Å². The quantitative estimate of drug-likeness (QED) is 0.826. The van der Waals surface area contributed by atoms with Crippen LogP contribution in [0, 0.1) is 0 Å². The highest BCUT2D eigenvalue weighted by Gasteiger charge is 2.06. The van der Waals surface area contributed by atoms with E-state index in [0.717, 1.165) is 36.6 Å². The number of furan rings is 1. The van der Waals surface area contributed by atoms with Gasteiger partial charge in [-0.05, 0) is 36.7 Å². The lowest BCUT2D eigenvalue weighted by atomic mass is 10.2. The van der Waals surface area contributed by atoms with Crippen LogP contribution in [0.15, 0.2) is 41.0 Å². The largest absolute Gasteiger partial charge is 0.489 e. The van der Waals surface area contributed by atoms with Gasteiger partial charge < -0.3 is 14.5 Å². The van der Waals surface area contributed by atoms with Crippen LogP contribution in [0.4, 0.5) is 0 Å². The van der Waals surface area contributed by atoms with Crippen LogP contribution in [-0.4, -0.2) is 6.54 Å². The maximum absolute atomic E-state index is 5.78. The molecule has 0 aliphatic rings. The Morgan fingerprint density at radius 1 is 1.11 bits per heavy atom. The molecule has 1 N–H and O–H groups in total. The van der Waals surface area contributed by atoms with Gasteiger partial charge in [-0.3, -0.25) is 0 Å². The molecule has 0 amide bonds. The fraction of sp³-hybridized carbons (Fsp3) is 0.375. The summed E-state index contributed by atoms with van der Waals surface area (Å²) in [6.45, 7) is 6.45. The molecular formula is C16H21NO2. The molecule has 0 saturated heterocycles. The van der Waals surface area contributed by atoms with Gasteiger partial charge in [0, 0.05) is 5.56 Å². The van der Waals surface area contributed by atoms with Crippen LogP contribution in [-0.2, 0) is 19.6 Å². The van der Waals surface area contributed by atoms with Gasteiger partial charge in [0.1, 0.15) is 18.1 Å². The van der Waals surface area contributed by atoms with Crippen molar-refractivity contribution in [3.63, 3.8) is 0 Å². The zero-order chi connectivity index (χ0) is 13.5. The topological polar surface area (TPSA) is 34.4 Å². The number of hydrogen-bond acceptors (Lipinski definition) is 3. The van der Waals surface area contributed by atoms with Gasteiger partial charge in [0.25, 0.3) is 0 Å². The Morgan fingerprint density at radius 3 is 2.58 bits per heavy atom. The van der Waals surface area contributed by atoms with Gasteiger partial charge in [-0.25, -0.2) is 0 Å². The Hall–Kier alpha value is -1.74. The van der Waals surface area contributed by atoms with Crippen LogP contribution in [0.3, 0.4) is 0 Å². The van der Waals surface area contributed by atoms with Gasteiger partial charge in [0.05, 0.1) is 12.8 Å².